The van der Waals surface area contributed by atoms with Crippen LogP contribution in [0.5, 0.6) is 0 Å². The summed E-state index contributed by atoms with van der Waals surface area (Å²) in [4.78, 5) is 4.29. The molecule has 0 aliphatic rings. The van der Waals surface area contributed by atoms with E-state index in [0.717, 1.165) is 22.4 Å². The Bertz CT molecular complexity index is 554. The second-order valence-corrected chi connectivity index (χ2v) is 4.84. The highest BCUT2D eigenvalue weighted by Crippen LogP contribution is 2.28. The first kappa shape index (κ1) is 13.1. The van der Waals surface area contributed by atoms with Gasteiger partial charge < -0.3 is 5.11 Å². The van der Waals surface area contributed by atoms with Crippen LogP contribution in [0.3, 0.4) is 0 Å². The van der Waals surface area contributed by atoms with Gasteiger partial charge in [-0.3, -0.25) is 4.98 Å². The number of pyridine rings is 1. The van der Waals surface area contributed by atoms with Crippen molar-refractivity contribution in [2.45, 2.75) is 26.4 Å². The minimum Gasteiger partial charge on any atom is -0.388 e. The molecule has 18 heavy (non-hydrogen) atoms. The summed E-state index contributed by atoms with van der Waals surface area (Å²) in [6.45, 7) is 3.93. The summed E-state index contributed by atoms with van der Waals surface area (Å²) < 4.78 is 0. The molecule has 0 fully saturated rings. The first-order valence-electron chi connectivity index (χ1n) is 5.93. The molecule has 0 radical (unpaired) electrons. The molecule has 1 unspecified atom stereocenters. The smallest absolute Gasteiger partial charge is 0.0860 e. The molecule has 1 aromatic carbocycles. The third-order valence-electron chi connectivity index (χ3n) is 3.09. The molecule has 2 aromatic rings. The molecule has 0 spiro atoms. The second kappa shape index (κ2) is 5.51. The highest BCUT2D eigenvalue weighted by atomic mass is 35.5. The molecule has 94 valence electrons. The molecule has 1 N–H and O–H groups in total. The largest absolute Gasteiger partial charge is 0.388 e. The van der Waals surface area contributed by atoms with Gasteiger partial charge in [0.25, 0.3) is 0 Å². The van der Waals surface area contributed by atoms with E-state index in [9.17, 15) is 5.11 Å². The highest BCUT2D eigenvalue weighted by Gasteiger charge is 2.14. The zero-order valence-corrected chi connectivity index (χ0v) is 11.3. The molecule has 2 nitrogen and oxygen atoms in total. The van der Waals surface area contributed by atoms with Gasteiger partial charge in [-0.2, -0.15) is 0 Å². The zero-order chi connectivity index (χ0) is 13.1. The SMILES string of the molecule is Cc1cccnc1CC(O)c1cccc(C)c1Cl. The van der Waals surface area contributed by atoms with Gasteiger partial charge >= 0.3 is 0 Å². The predicted octanol–water partition coefficient (Wildman–Crippen LogP) is 3.63. The maximum Gasteiger partial charge on any atom is 0.0860 e. The monoisotopic (exact) mass is 261 g/mol. The van der Waals surface area contributed by atoms with E-state index in [4.69, 9.17) is 11.6 Å². The van der Waals surface area contributed by atoms with Crippen LogP contribution < -0.4 is 0 Å². The molecule has 0 bridgehead atoms. The molecule has 1 aromatic heterocycles. The molecule has 0 aliphatic carbocycles. The summed E-state index contributed by atoms with van der Waals surface area (Å²) >= 11 is 6.21. The maximum atomic E-state index is 10.3. The Labute approximate surface area is 112 Å². The summed E-state index contributed by atoms with van der Waals surface area (Å²) in [5.74, 6) is 0. The van der Waals surface area contributed by atoms with Gasteiger partial charge in [0, 0.05) is 23.3 Å². The molecule has 3 heteroatoms. The van der Waals surface area contributed by atoms with Gasteiger partial charge in [-0.25, -0.2) is 0 Å². The Morgan fingerprint density at radius 2 is 1.89 bits per heavy atom. The number of halogens is 1. The van der Waals surface area contributed by atoms with Crippen LogP contribution in [-0.2, 0) is 6.42 Å². The van der Waals surface area contributed by atoms with Crippen LogP contribution in [0.2, 0.25) is 5.02 Å². The Balaban J connectivity index is 2.25. The van der Waals surface area contributed by atoms with Crippen molar-refractivity contribution in [3.05, 3.63) is 63.9 Å². The van der Waals surface area contributed by atoms with Gasteiger partial charge in [-0.05, 0) is 36.6 Å². The number of benzene rings is 1. The van der Waals surface area contributed by atoms with Crippen LogP contribution >= 0.6 is 11.6 Å². The normalized spacial score (nSPS) is 12.4. The molecule has 0 amide bonds. The van der Waals surface area contributed by atoms with Crippen molar-refractivity contribution in [2.75, 3.05) is 0 Å². The van der Waals surface area contributed by atoms with Crippen LogP contribution in [-0.4, -0.2) is 10.1 Å². The van der Waals surface area contributed by atoms with E-state index in [2.05, 4.69) is 4.98 Å². The summed E-state index contributed by atoms with van der Waals surface area (Å²) in [6, 6.07) is 9.59. The molecule has 0 aliphatic heterocycles. The van der Waals surface area contributed by atoms with E-state index < -0.39 is 6.10 Å². The molecule has 0 saturated heterocycles. The van der Waals surface area contributed by atoms with Crippen LogP contribution in [0.4, 0.5) is 0 Å². The zero-order valence-electron chi connectivity index (χ0n) is 10.5. The lowest BCUT2D eigenvalue weighted by Crippen LogP contribution is -2.06. The Morgan fingerprint density at radius 1 is 1.17 bits per heavy atom. The van der Waals surface area contributed by atoms with Gasteiger partial charge in [-0.1, -0.05) is 35.9 Å². The molecule has 1 atom stereocenters. The first-order valence-corrected chi connectivity index (χ1v) is 6.31. The van der Waals surface area contributed by atoms with Crippen molar-refractivity contribution in [3.8, 4) is 0 Å². The van der Waals surface area contributed by atoms with E-state index in [-0.39, 0.29) is 0 Å². The molecule has 0 saturated carbocycles. The van der Waals surface area contributed by atoms with Crippen LogP contribution in [0.1, 0.15) is 28.5 Å². The lowest BCUT2D eigenvalue weighted by molar-refractivity contribution is 0.177. The van der Waals surface area contributed by atoms with Gasteiger partial charge in [0.15, 0.2) is 0 Å². The summed E-state index contributed by atoms with van der Waals surface area (Å²) in [5.41, 5.74) is 3.73. The van der Waals surface area contributed by atoms with E-state index >= 15 is 0 Å². The Kier molecular flexibility index (Phi) is 4.00. The molecular formula is C15H16ClNO. The highest BCUT2D eigenvalue weighted by molar-refractivity contribution is 6.32. The average molecular weight is 262 g/mol. The number of aromatic nitrogens is 1. The van der Waals surface area contributed by atoms with E-state index in [1.807, 2.05) is 44.2 Å². The van der Waals surface area contributed by atoms with Gasteiger partial charge in [0.05, 0.1) is 6.10 Å². The summed E-state index contributed by atoms with van der Waals surface area (Å²) in [7, 11) is 0. The van der Waals surface area contributed by atoms with Crippen molar-refractivity contribution in [1.82, 2.24) is 4.98 Å². The second-order valence-electron chi connectivity index (χ2n) is 4.47. The van der Waals surface area contributed by atoms with Crippen molar-refractivity contribution in [1.29, 1.82) is 0 Å². The third-order valence-corrected chi connectivity index (χ3v) is 3.60. The number of hydrogen-bond acceptors (Lipinski definition) is 2. The van der Waals surface area contributed by atoms with Crippen LogP contribution in [0, 0.1) is 13.8 Å². The predicted molar refractivity (Wildman–Crippen MR) is 73.8 cm³/mol. The van der Waals surface area contributed by atoms with Gasteiger partial charge in [-0.15, -0.1) is 0 Å². The third kappa shape index (κ3) is 2.71. The number of aliphatic hydroxyl groups excluding tert-OH is 1. The van der Waals surface area contributed by atoms with Crippen molar-refractivity contribution >= 4 is 11.6 Å². The fourth-order valence-corrected chi connectivity index (χ4v) is 2.20. The standard InChI is InChI=1S/C15H16ClNO/c1-10-6-4-8-17-13(10)9-14(18)12-7-3-5-11(2)15(12)16/h3-8,14,18H,9H2,1-2H3. The van der Waals surface area contributed by atoms with Crippen molar-refractivity contribution < 1.29 is 5.11 Å². The van der Waals surface area contributed by atoms with E-state index in [1.54, 1.807) is 6.20 Å². The number of hydrogen-bond donors (Lipinski definition) is 1. The number of aliphatic hydroxyl groups is 1. The minimum absolute atomic E-state index is 0.482. The topological polar surface area (TPSA) is 33.1 Å². The summed E-state index contributed by atoms with van der Waals surface area (Å²) in [6.07, 6.45) is 1.61. The molecular weight excluding hydrogens is 246 g/mol. The summed E-state index contributed by atoms with van der Waals surface area (Å²) in [5, 5.41) is 10.9. The molecule has 2 rings (SSSR count). The van der Waals surface area contributed by atoms with Crippen LogP contribution in [0.25, 0.3) is 0 Å². The van der Waals surface area contributed by atoms with Crippen molar-refractivity contribution in [2.24, 2.45) is 0 Å². The van der Waals surface area contributed by atoms with E-state index in [1.165, 1.54) is 0 Å². The fourth-order valence-electron chi connectivity index (χ4n) is 1.95. The van der Waals surface area contributed by atoms with Crippen LogP contribution in [0.15, 0.2) is 36.5 Å². The average Bonchev–Trinajstić information content (AvgIpc) is 2.35. The Hall–Kier alpha value is -1.38. The lowest BCUT2D eigenvalue weighted by atomic mass is 10.0. The number of nitrogens with zero attached hydrogens (tertiary/aromatic N) is 1. The maximum absolute atomic E-state index is 10.3. The fraction of sp³-hybridized carbons (Fsp3) is 0.267. The first-order chi connectivity index (χ1) is 8.59. The van der Waals surface area contributed by atoms with Gasteiger partial charge in [0.2, 0.25) is 0 Å². The van der Waals surface area contributed by atoms with Gasteiger partial charge in [0.1, 0.15) is 0 Å². The van der Waals surface area contributed by atoms with Crippen molar-refractivity contribution in [3.63, 3.8) is 0 Å². The quantitative estimate of drug-likeness (QED) is 0.915. The van der Waals surface area contributed by atoms with E-state index in [0.29, 0.717) is 11.4 Å². The minimum atomic E-state index is -0.619. The Morgan fingerprint density at radius 3 is 2.61 bits per heavy atom. The lowest BCUT2D eigenvalue weighted by Gasteiger charge is -2.14. The molecule has 1 heterocycles. The number of rotatable bonds is 3. The number of aryl methyl sites for hydroxylation is 2.